The van der Waals surface area contributed by atoms with Crippen molar-refractivity contribution in [2.75, 3.05) is 13.1 Å². The van der Waals surface area contributed by atoms with Crippen molar-refractivity contribution < 1.29 is 15.0 Å². The van der Waals surface area contributed by atoms with Crippen molar-refractivity contribution in [2.24, 2.45) is 23.2 Å². The van der Waals surface area contributed by atoms with E-state index in [1.54, 1.807) is 0 Å². The maximum atomic E-state index is 12.7. The molecule has 4 aliphatic rings. The van der Waals surface area contributed by atoms with E-state index in [0.29, 0.717) is 48.3 Å². The van der Waals surface area contributed by atoms with E-state index < -0.39 is 12.2 Å². The lowest BCUT2D eigenvalue weighted by Gasteiger charge is -2.44. The van der Waals surface area contributed by atoms with Crippen LogP contribution in [0.5, 0.6) is 0 Å². The molecule has 0 aromatic rings. The molecule has 0 unspecified atom stereocenters. The first-order valence-electron chi connectivity index (χ1n) is 13.5. The molecule has 1 aliphatic heterocycles. The van der Waals surface area contributed by atoms with Crippen molar-refractivity contribution in [3.63, 3.8) is 0 Å². The minimum Gasteiger partial charge on any atom is -0.393 e. The number of piperidine rings is 1. The van der Waals surface area contributed by atoms with Gasteiger partial charge in [0.25, 0.3) is 0 Å². The molecule has 0 bridgehead atoms. The van der Waals surface area contributed by atoms with E-state index in [2.05, 4.69) is 37.5 Å². The number of hydrogen-bond acceptors (Lipinski definition) is 3. The number of allylic oxidation sites excluding steroid dienone is 3. The largest absolute Gasteiger partial charge is 0.393 e. The SMILES string of the molecule is C=C1/C(=C/C=C2\CCC[C@]3(C)[C@@H]([C@@H](C)CCC(=O)N4CCCCC4)CC[C@@H]23)C[C@@H](O)C[C@@H]1O. The molecule has 3 saturated carbocycles. The molecule has 4 heteroatoms. The molecule has 2 N–H and O–H groups in total. The van der Waals surface area contributed by atoms with Crippen molar-refractivity contribution in [2.45, 2.75) is 103 Å². The van der Waals surface area contributed by atoms with Crippen LogP contribution in [0.15, 0.2) is 35.5 Å². The highest BCUT2D eigenvalue weighted by Gasteiger charge is 2.50. The molecule has 0 radical (unpaired) electrons. The topological polar surface area (TPSA) is 60.8 Å². The first-order valence-corrected chi connectivity index (χ1v) is 13.5. The van der Waals surface area contributed by atoms with Gasteiger partial charge in [0.05, 0.1) is 12.2 Å². The summed E-state index contributed by atoms with van der Waals surface area (Å²) in [6, 6.07) is 0. The second-order valence-electron chi connectivity index (χ2n) is 11.6. The van der Waals surface area contributed by atoms with Crippen LogP contribution in [0, 0.1) is 23.2 Å². The fourth-order valence-electron chi connectivity index (χ4n) is 7.53. The number of fused-ring (bicyclic) bond motifs is 1. The highest BCUT2D eigenvalue weighted by atomic mass is 16.3. The van der Waals surface area contributed by atoms with Crippen LogP contribution in [0.4, 0.5) is 0 Å². The highest BCUT2D eigenvalue weighted by Crippen LogP contribution is 2.59. The third kappa shape index (κ3) is 5.32. The number of rotatable bonds is 5. The number of carbonyl (C=O) groups is 1. The summed E-state index contributed by atoms with van der Waals surface area (Å²) in [5.74, 6) is 2.24. The molecule has 4 fully saturated rings. The van der Waals surface area contributed by atoms with Crippen LogP contribution in [-0.2, 0) is 4.79 Å². The fourth-order valence-corrected chi connectivity index (χ4v) is 7.53. The lowest BCUT2D eigenvalue weighted by Crippen LogP contribution is -2.37. The summed E-state index contributed by atoms with van der Waals surface area (Å²) in [5, 5.41) is 20.2. The Morgan fingerprint density at radius 1 is 1.18 bits per heavy atom. The van der Waals surface area contributed by atoms with Gasteiger partial charge in [-0.05, 0) is 98.5 Å². The summed E-state index contributed by atoms with van der Waals surface area (Å²) in [7, 11) is 0. The second-order valence-corrected chi connectivity index (χ2v) is 11.6. The Morgan fingerprint density at radius 2 is 1.94 bits per heavy atom. The predicted octanol–water partition coefficient (Wildman–Crippen LogP) is 5.56. The molecular formula is C29H45NO3. The van der Waals surface area contributed by atoms with Crippen molar-refractivity contribution in [3.05, 3.63) is 35.5 Å². The van der Waals surface area contributed by atoms with Gasteiger partial charge in [0.15, 0.2) is 0 Å². The van der Waals surface area contributed by atoms with Gasteiger partial charge in [0.1, 0.15) is 0 Å². The van der Waals surface area contributed by atoms with Gasteiger partial charge in [-0.1, -0.05) is 38.2 Å². The average molecular weight is 456 g/mol. The minimum atomic E-state index is -0.626. The highest BCUT2D eigenvalue weighted by molar-refractivity contribution is 5.76. The van der Waals surface area contributed by atoms with E-state index in [-0.39, 0.29) is 0 Å². The fraction of sp³-hybridized carbons (Fsp3) is 0.759. The maximum Gasteiger partial charge on any atom is 0.222 e. The molecule has 3 aliphatic carbocycles. The molecular weight excluding hydrogens is 410 g/mol. The molecule has 4 rings (SSSR count). The molecule has 184 valence electrons. The van der Waals surface area contributed by atoms with Crippen molar-refractivity contribution >= 4 is 5.91 Å². The molecule has 4 nitrogen and oxygen atoms in total. The molecule has 0 aromatic heterocycles. The first-order chi connectivity index (χ1) is 15.8. The number of nitrogens with zero attached hydrogens (tertiary/aromatic N) is 1. The Morgan fingerprint density at radius 3 is 2.70 bits per heavy atom. The Bertz CT molecular complexity index is 793. The summed E-state index contributed by atoms with van der Waals surface area (Å²) < 4.78 is 0. The summed E-state index contributed by atoms with van der Waals surface area (Å²) in [5.41, 5.74) is 3.63. The number of aliphatic hydroxyl groups is 2. The standard InChI is InChI=1S/C29H45NO3/c1-20(9-14-28(33)30-16-5-4-6-17-30)25-12-13-26-22(8-7-15-29(25,26)3)10-11-23-18-24(31)19-27(32)21(23)2/h10-11,20,24-27,31-32H,2,4-9,12-19H2,1,3H3/b22-10+,23-11+/t20-,24+,25+,26-,27-,29+/m0/s1. The van der Waals surface area contributed by atoms with Crippen molar-refractivity contribution in [1.82, 2.24) is 4.90 Å². The molecule has 1 saturated heterocycles. The van der Waals surface area contributed by atoms with Gasteiger partial charge in [-0.15, -0.1) is 0 Å². The van der Waals surface area contributed by atoms with E-state index >= 15 is 0 Å². The van der Waals surface area contributed by atoms with E-state index in [4.69, 9.17) is 0 Å². The van der Waals surface area contributed by atoms with Crippen molar-refractivity contribution in [3.8, 4) is 0 Å². The van der Waals surface area contributed by atoms with Crippen LogP contribution < -0.4 is 0 Å². The van der Waals surface area contributed by atoms with E-state index in [1.165, 1.54) is 50.5 Å². The average Bonchev–Trinajstić information content (AvgIpc) is 3.16. The Balaban J connectivity index is 1.40. The summed E-state index contributed by atoms with van der Waals surface area (Å²) >= 11 is 0. The van der Waals surface area contributed by atoms with Crippen LogP contribution in [0.1, 0.15) is 90.9 Å². The number of carbonyl (C=O) groups excluding carboxylic acids is 1. The summed E-state index contributed by atoms with van der Waals surface area (Å²) in [6.07, 6.45) is 15.8. The maximum absolute atomic E-state index is 12.7. The van der Waals surface area contributed by atoms with Crippen LogP contribution >= 0.6 is 0 Å². The molecule has 6 atom stereocenters. The number of aliphatic hydroxyl groups excluding tert-OH is 2. The van der Waals surface area contributed by atoms with Gasteiger partial charge in [0, 0.05) is 25.9 Å². The number of amides is 1. The number of hydrogen-bond donors (Lipinski definition) is 2. The Hall–Kier alpha value is -1.39. The quantitative estimate of drug-likeness (QED) is 0.571. The Kier molecular flexibility index (Phi) is 7.85. The van der Waals surface area contributed by atoms with Crippen LogP contribution in [0.25, 0.3) is 0 Å². The van der Waals surface area contributed by atoms with E-state index in [9.17, 15) is 15.0 Å². The molecule has 1 heterocycles. The third-order valence-electron chi connectivity index (χ3n) is 9.51. The van der Waals surface area contributed by atoms with Gasteiger partial charge in [-0.3, -0.25) is 4.79 Å². The molecule has 0 aromatic carbocycles. The molecule has 1 amide bonds. The zero-order valence-electron chi connectivity index (χ0n) is 20.9. The lowest BCUT2D eigenvalue weighted by atomic mass is 9.60. The monoisotopic (exact) mass is 455 g/mol. The van der Waals surface area contributed by atoms with Crippen LogP contribution in [-0.4, -0.2) is 46.3 Å². The number of likely N-dealkylation sites (tertiary alicyclic amines) is 1. The van der Waals surface area contributed by atoms with Gasteiger partial charge < -0.3 is 15.1 Å². The Labute approximate surface area is 200 Å². The first kappa shape index (κ1) is 24.7. The van der Waals surface area contributed by atoms with Gasteiger partial charge >= 0.3 is 0 Å². The summed E-state index contributed by atoms with van der Waals surface area (Å²) in [6.45, 7) is 10.9. The predicted molar refractivity (Wildman–Crippen MR) is 134 cm³/mol. The minimum absolute atomic E-state index is 0.318. The molecule has 0 spiro atoms. The van der Waals surface area contributed by atoms with E-state index in [0.717, 1.165) is 37.1 Å². The zero-order valence-corrected chi connectivity index (χ0v) is 20.9. The van der Waals surface area contributed by atoms with Gasteiger partial charge in [-0.25, -0.2) is 0 Å². The van der Waals surface area contributed by atoms with Gasteiger partial charge in [0.2, 0.25) is 5.91 Å². The van der Waals surface area contributed by atoms with Crippen molar-refractivity contribution in [1.29, 1.82) is 0 Å². The summed E-state index contributed by atoms with van der Waals surface area (Å²) in [4.78, 5) is 14.8. The van der Waals surface area contributed by atoms with Gasteiger partial charge in [-0.2, -0.15) is 0 Å². The zero-order chi connectivity index (χ0) is 23.6. The van der Waals surface area contributed by atoms with E-state index in [1.807, 2.05) is 0 Å². The second kappa shape index (κ2) is 10.5. The molecule has 33 heavy (non-hydrogen) atoms. The lowest BCUT2D eigenvalue weighted by molar-refractivity contribution is -0.132. The van der Waals surface area contributed by atoms with Crippen LogP contribution in [0.3, 0.4) is 0 Å². The normalized spacial score (nSPS) is 38.5. The smallest absolute Gasteiger partial charge is 0.222 e. The van der Waals surface area contributed by atoms with Crippen LogP contribution in [0.2, 0.25) is 0 Å². The third-order valence-corrected chi connectivity index (χ3v) is 9.51.